The van der Waals surface area contributed by atoms with Gasteiger partial charge in [0, 0.05) is 36.3 Å². The summed E-state index contributed by atoms with van der Waals surface area (Å²) in [5.74, 6) is 0.385. The van der Waals surface area contributed by atoms with E-state index in [1.807, 2.05) is 42.2 Å². The minimum Gasteiger partial charge on any atom is -0.369 e. The number of primary amides is 1. The topological polar surface area (TPSA) is 110 Å². The lowest BCUT2D eigenvalue weighted by Gasteiger charge is -2.31. The number of amides is 1. The van der Waals surface area contributed by atoms with Crippen LogP contribution in [0.4, 0.5) is 24.9 Å². The van der Waals surface area contributed by atoms with Crippen molar-refractivity contribution in [1.82, 2.24) is 20.2 Å². The molecule has 3 heterocycles. The lowest BCUT2D eigenvalue weighted by Crippen LogP contribution is -2.39. The summed E-state index contributed by atoms with van der Waals surface area (Å²) < 4.78 is 40.5. The number of aromatic nitrogens is 4. The highest BCUT2D eigenvalue weighted by Crippen LogP contribution is 2.36. The van der Waals surface area contributed by atoms with Crippen LogP contribution in [0.25, 0.3) is 22.5 Å². The van der Waals surface area contributed by atoms with Gasteiger partial charge in [0.2, 0.25) is 11.9 Å². The maximum Gasteiger partial charge on any atom is 0.416 e. The lowest BCUT2D eigenvalue weighted by atomic mass is 9.96. The molecule has 0 spiro atoms. The molecule has 1 amide bonds. The third-order valence-corrected chi connectivity index (χ3v) is 7.04. The lowest BCUT2D eigenvalue weighted by molar-refractivity contribution is -0.137. The van der Waals surface area contributed by atoms with E-state index < -0.39 is 11.7 Å². The molecule has 1 saturated heterocycles. The highest BCUT2D eigenvalue weighted by atomic mass is 19.4. The molecule has 1 fully saturated rings. The van der Waals surface area contributed by atoms with Crippen molar-refractivity contribution < 1.29 is 18.0 Å². The van der Waals surface area contributed by atoms with E-state index in [1.165, 1.54) is 6.07 Å². The van der Waals surface area contributed by atoms with Crippen LogP contribution >= 0.6 is 0 Å². The first kappa shape index (κ1) is 27.0. The molecule has 1 atom stereocenters. The predicted octanol–water partition coefficient (Wildman–Crippen LogP) is 5.49. The minimum atomic E-state index is -4.51. The Balaban J connectivity index is 1.53. The smallest absolute Gasteiger partial charge is 0.369 e. The molecule has 2 aromatic heterocycles. The van der Waals surface area contributed by atoms with E-state index in [0.717, 1.165) is 17.7 Å². The summed E-state index contributed by atoms with van der Waals surface area (Å²) in [5, 5.41) is 12.0. The maximum atomic E-state index is 13.5. The van der Waals surface area contributed by atoms with Crippen molar-refractivity contribution in [2.75, 3.05) is 23.3 Å². The molecular weight excluding hydrogens is 519 g/mol. The van der Waals surface area contributed by atoms with Crippen LogP contribution < -0.4 is 16.0 Å². The van der Waals surface area contributed by atoms with Gasteiger partial charge in [-0.3, -0.25) is 4.79 Å². The van der Waals surface area contributed by atoms with E-state index in [0.29, 0.717) is 49.0 Å². The zero-order chi connectivity index (χ0) is 28.3. The number of hydrogen-bond donors (Lipinski definition) is 2. The molecule has 206 valence electrons. The van der Waals surface area contributed by atoms with Crippen LogP contribution in [-0.4, -0.2) is 39.2 Å². The van der Waals surface area contributed by atoms with Crippen LogP contribution in [0.3, 0.4) is 0 Å². The van der Waals surface area contributed by atoms with Crippen molar-refractivity contribution in [3.63, 3.8) is 0 Å². The predicted molar refractivity (Wildman–Crippen MR) is 146 cm³/mol. The number of anilines is 2. The molecule has 1 aliphatic rings. The second kappa shape index (κ2) is 11.3. The zero-order valence-electron chi connectivity index (χ0n) is 21.8. The van der Waals surface area contributed by atoms with Crippen molar-refractivity contribution in [3.8, 4) is 22.5 Å². The summed E-state index contributed by atoms with van der Waals surface area (Å²) in [7, 11) is 0. The molecule has 8 nitrogen and oxygen atoms in total. The largest absolute Gasteiger partial charge is 0.416 e. The number of nitrogens with two attached hydrogens (primary N) is 1. The SMILES string of the molecule is C[C@H](Nc1nccc(-c2cc(N3CCC(C(N)=O)CC3)nnc2-c2cccc(C(F)(F)F)c2)n1)c1ccccc1. The molecule has 4 aromatic rings. The Morgan fingerprint density at radius 1 is 1.02 bits per heavy atom. The number of halogens is 3. The normalized spacial score (nSPS) is 15.1. The summed E-state index contributed by atoms with van der Waals surface area (Å²) >= 11 is 0. The van der Waals surface area contributed by atoms with Crippen LogP contribution in [0, 0.1) is 5.92 Å². The van der Waals surface area contributed by atoms with Gasteiger partial charge < -0.3 is 16.0 Å². The van der Waals surface area contributed by atoms with Gasteiger partial charge in [0.15, 0.2) is 5.82 Å². The molecule has 0 bridgehead atoms. The molecule has 2 aromatic carbocycles. The van der Waals surface area contributed by atoms with Crippen molar-refractivity contribution in [3.05, 3.63) is 84.1 Å². The first-order chi connectivity index (χ1) is 19.2. The van der Waals surface area contributed by atoms with Crippen molar-refractivity contribution in [1.29, 1.82) is 0 Å². The van der Waals surface area contributed by atoms with Crippen LogP contribution in [0.2, 0.25) is 0 Å². The molecule has 0 saturated carbocycles. The number of carbonyl (C=O) groups excluding carboxylic acids is 1. The number of piperidine rings is 1. The van der Waals surface area contributed by atoms with Crippen LogP contribution in [-0.2, 0) is 11.0 Å². The van der Waals surface area contributed by atoms with Gasteiger partial charge in [0.25, 0.3) is 0 Å². The molecule has 0 unspecified atom stereocenters. The number of alkyl halides is 3. The number of nitrogens with zero attached hydrogens (tertiary/aromatic N) is 5. The minimum absolute atomic E-state index is 0.0861. The first-order valence-electron chi connectivity index (χ1n) is 12.9. The number of nitrogens with one attached hydrogen (secondary N) is 1. The Labute approximate surface area is 229 Å². The Bertz CT molecular complexity index is 1490. The third-order valence-electron chi connectivity index (χ3n) is 7.04. The fourth-order valence-corrected chi connectivity index (χ4v) is 4.78. The average molecular weight is 548 g/mol. The Hall–Kier alpha value is -4.54. The van der Waals surface area contributed by atoms with Gasteiger partial charge in [0.05, 0.1) is 17.3 Å². The number of benzene rings is 2. The molecule has 5 rings (SSSR count). The van der Waals surface area contributed by atoms with Gasteiger partial charge in [-0.25, -0.2) is 9.97 Å². The van der Waals surface area contributed by atoms with Gasteiger partial charge in [-0.2, -0.15) is 13.2 Å². The van der Waals surface area contributed by atoms with Crippen molar-refractivity contribution >= 4 is 17.7 Å². The first-order valence-corrected chi connectivity index (χ1v) is 12.9. The molecule has 1 aliphatic heterocycles. The van der Waals surface area contributed by atoms with E-state index in [2.05, 4.69) is 20.5 Å². The van der Waals surface area contributed by atoms with E-state index in [9.17, 15) is 18.0 Å². The van der Waals surface area contributed by atoms with Gasteiger partial charge in [-0.05, 0) is 49.6 Å². The van der Waals surface area contributed by atoms with Gasteiger partial charge >= 0.3 is 6.18 Å². The van der Waals surface area contributed by atoms with Crippen LogP contribution in [0.15, 0.2) is 72.9 Å². The summed E-state index contributed by atoms with van der Waals surface area (Å²) in [6.07, 6.45) is -1.74. The summed E-state index contributed by atoms with van der Waals surface area (Å²) in [4.78, 5) is 22.7. The fourth-order valence-electron chi connectivity index (χ4n) is 4.78. The highest BCUT2D eigenvalue weighted by molar-refractivity contribution is 5.81. The second-order valence-corrected chi connectivity index (χ2v) is 9.75. The maximum absolute atomic E-state index is 13.5. The molecule has 11 heteroatoms. The average Bonchev–Trinajstić information content (AvgIpc) is 2.97. The van der Waals surface area contributed by atoms with E-state index in [4.69, 9.17) is 10.7 Å². The van der Waals surface area contributed by atoms with E-state index in [1.54, 1.807) is 24.4 Å². The molecule has 40 heavy (non-hydrogen) atoms. The highest BCUT2D eigenvalue weighted by Gasteiger charge is 2.31. The quantitative estimate of drug-likeness (QED) is 0.315. The van der Waals surface area contributed by atoms with Gasteiger partial charge in [0.1, 0.15) is 5.69 Å². The Kier molecular flexibility index (Phi) is 7.63. The van der Waals surface area contributed by atoms with Gasteiger partial charge in [-0.15, -0.1) is 10.2 Å². The summed E-state index contributed by atoms with van der Waals surface area (Å²) in [5.41, 5.74) is 7.27. The second-order valence-electron chi connectivity index (χ2n) is 9.75. The van der Waals surface area contributed by atoms with E-state index >= 15 is 0 Å². The Morgan fingerprint density at radius 2 is 1.77 bits per heavy atom. The zero-order valence-corrected chi connectivity index (χ0v) is 21.8. The number of carbonyl (C=O) groups is 1. The molecule has 0 radical (unpaired) electrons. The third kappa shape index (κ3) is 6.03. The monoisotopic (exact) mass is 547 g/mol. The van der Waals surface area contributed by atoms with Gasteiger partial charge in [-0.1, -0.05) is 42.5 Å². The standard InChI is InChI=1S/C29H28F3N7O/c1-18(19-6-3-2-4-7-19)35-28-34-13-10-24(36-28)23-17-25(39-14-11-20(12-15-39)27(33)40)37-38-26(23)21-8-5-9-22(16-21)29(30,31)32/h2-10,13,16-18,20H,11-12,14-15H2,1H3,(H2,33,40)(H,34,35,36)/t18-/m0/s1. The van der Waals surface area contributed by atoms with Crippen LogP contribution in [0.1, 0.15) is 36.9 Å². The summed E-state index contributed by atoms with van der Waals surface area (Å²) in [6.45, 7) is 3.09. The number of rotatable bonds is 7. The van der Waals surface area contributed by atoms with Crippen molar-refractivity contribution in [2.24, 2.45) is 11.7 Å². The van der Waals surface area contributed by atoms with E-state index in [-0.39, 0.29) is 29.1 Å². The summed E-state index contributed by atoms with van der Waals surface area (Å²) in [6, 6.07) is 18.2. The molecular formula is C29H28F3N7O. The Morgan fingerprint density at radius 3 is 2.48 bits per heavy atom. The van der Waals surface area contributed by atoms with Crippen LogP contribution in [0.5, 0.6) is 0 Å². The molecule has 3 N–H and O–H groups in total. The molecule has 0 aliphatic carbocycles. The fraction of sp³-hybridized carbons (Fsp3) is 0.276. The number of hydrogen-bond acceptors (Lipinski definition) is 7. The van der Waals surface area contributed by atoms with Crippen molar-refractivity contribution in [2.45, 2.75) is 32.0 Å².